The number of aliphatic hydroxyl groups is 1. The van der Waals surface area contributed by atoms with Crippen molar-refractivity contribution in [2.75, 3.05) is 0 Å². The zero-order valence-corrected chi connectivity index (χ0v) is 7.89. The molecule has 76 valence electrons. The molecular formula is C11H9FN2O. The maximum atomic E-state index is 13.7. The Morgan fingerprint density at radius 3 is 2.60 bits per heavy atom. The highest BCUT2D eigenvalue weighted by atomic mass is 19.1. The van der Waals surface area contributed by atoms with Crippen molar-refractivity contribution in [3.05, 3.63) is 48.3 Å². The molecule has 0 amide bonds. The molecule has 15 heavy (non-hydrogen) atoms. The van der Waals surface area contributed by atoms with Gasteiger partial charge in [0.25, 0.3) is 0 Å². The number of benzene rings is 1. The summed E-state index contributed by atoms with van der Waals surface area (Å²) in [5, 5.41) is 8.92. The summed E-state index contributed by atoms with van der Waals surface area (Å²) in [5.41, 5.74) is 1.28. The van der Waals surface area contributed by atoms with Gasteiger partial charge in [-0.1, -0.05) is 18.2 Å². The molecule has 0 bridgehead atoms. The topological polar surface area (TPSA) is 46.0 Å². The van der Waals surface area contributed by atoms with Crippen LogP contribution in [0.3, 0.4) is 0 Å². The number of halogens is 1. The number of rotatable bonds is 2. The number of aliphatic hydroxyl groups excluding tert-OH is 1. The Labute approximate surface area is 86.3 Å². The van der Waals surface area contributed by atoms with E-state index < -0.39 is 5.82 Å². The molecule has 0 saturated heterocycles. The molecule has 2 aromatic rings. The van der Waals surface area contributed by atoms with Gasteiger partial charge in [-0.3, -0.25) is 0 Å². The maximum absolute atomic E-state index is 13.7. The van der Waals surface area contributed by atoms with Crippen molar-refractivity contribution in [2.45, 2.75) is 6.61 Å². The van der Waals surface area contributed by atoms with E-state index in [0.29, 0.717) is 11.1 Å². The summed E-state index contributed by atoms with van der Waals surface area (Å²) in [4.78, 5) is 7.63. The third-order valence-corrected chi connectivity index (χ3v) is 2.12. The molecule has 0 aliphatic heterocycles. The minimum absolute atomic E-state index is 0.274. The largest absolute Gasteiger partial charge is 0.392 e. The van der Waals surface area contributed by atoms with Gasteiger partial charge in [-0.25, -0.2) is 14.4 Å². The van der Waals surface area contributed by atoms with E-state index in [9.17, 15) is 4.39 Å². The highest BCUT2D eigenvalue weighted by Crippen LogP contribution is 2.23. The van der Waals surface area contributed by atoms with Crippen molar-refractivity contribution in [1.82, 2.24) is 9.97 Å². The lowest BCUT2D eigenvalue weighted by Crippen LogP contribution is -1.93. The van der Waals surface area contributed by atoms with Gasteiger partial charge in [0.1, 0.15) is 12.1 Å². The predicted octanol–water partition coefficient (Wildman–Crippen LogP) is 1.77. The van der Waals surface area contributed by atoms with E-state index in [1.165, 1.54) is 18.7 Å². The maximum Gasteiger partial charge on any atom is 0.136 e. The Bertz CT molecular complexity index is 459. The first kappa shape index (κ1) is 9.73. The van der Waals surface area contributed by atoms with Crippen LogP contribution in [0.2, 0.25) is 0 Å². The normalized spacial score (nSPS) is 10.3. The van der Waals surface area contributed by atoms with Crippen LogP contribution in [-0.4, -0.2) is 15.1 Å². The molecule has 1 N–H and O–H groups in total. The summed E-state index contributed by atoms with van der Waals surface area (Å²) >= 11 is 0. The van der Waals surface area contributed by atoms with Crippen LogP contribution in [0.15, 0.2) is 36.9 Å². The van der Waals surface area contributed by atoms with E-state index in [-0.39, 0.29) is 12.2 Å². The second-order valence-corrected chi connectivity index (χ2v) is 3.06. The first-order valence-electron chi connectivity index (χ1n) is 4.46. The minimum Gasteiger partial charge on any atom is -0.392 e. The molecular weight excluding hydrogens is 195 g/mol. The van der Waals surface area contributed by atoms with Crippen LogP contribution in [-0.2, 0) is 6.61 Å². The van der Waals surface area contributed by atoms with Gasteiger partial charge >= 0.3 is 0 Å². The molecule has 0 unspecified atom stereocenters. The zero-order chi connectivity index (χ0) is 10.7. The van der Waals surface area contributed by atoms with Gasteiger partial charge in [-0.2, -0.15) is 0 Å². The zero-order valence-electron chi connectivity index (χ0n) is 7.89. The smallest absolute Gasteiger partial charge is 0.136 e. The van der Waals surface area contributed by atoms with Crippen molar-refractivity contribution in [1.29, 1.82) is 0 Å². The Hall–Kier alpha value is -1.81. The van der Waals surface area contributed by atoms with E-state index in [0.717, 1.165) is 0 Å². The van der Waals surface area contributed by atoms with Crippen molar-refractivity contribution >= 4 is 0 Å². The summed E-state index contributed by atoms with van der Waals surface area (Å²) in [5.74, 6) is -0.421. The van der Waals surface area contributed by atoms with E-state index in [1.807, 2.05) is 0 Å². The summed E-state index contributed by atoms with van der Waals surface area (Å²) in [7, 11) is 0. The Balaban J connectivity index is 2.54. The molecule has 1 heterocycles. The lowest BCUT2D eigenvalue weighted by Gasteiger charge is -2.05. The predicted molar refractivity (Wildman–Crippen MR) is 53.3 cm³/mol. The van der Waals surface area contributed by atoms with Crippen LogP contribution in [0, 0.1) is 5.82 Å². The first-order chi connectivity index (χ1) is 7.33. The molecule has 2 rings (SSSR count). The average Bonchev–Trinajstić information content (AvgIpc) is 2.30. The summed E-state index contributed by atoms with van der Waals surface area (Å²) in [6.07, 6.45) is 4.45. The molecule has 0 aliphatic carbocycles. The quantitative estimate of drug-likeness (QED) is 0.810. The lowest BCUT2D eigenvalue weighted by atomic mass is 10.1. The van der Waals surface area contributed by atoms with E-state index >= 15 is 0 Å². The summed E-state index contributed by atoms with van der Waals surface area (Å²) < 4.78 is 13.7. The fourth-order valence-corrected chi connectivity index (χ4v) is 1.36. The van der Waals surface area contributed by atoms with Crippen LogP contribution in [0.25, 0.3) is 11.1 Å². The molecule has 3 nitrogen and oxygen atoms in total. The highest BCUT2D eigenvalue weighted by Gasteiger charge is 2.08. The molecule has 4 heteroatoms. The van der Waals surface area contributed by atoms with Gasteiger partial charge in [0.05, 0.1) is 6.61 Å². The van der Waals surface area contributed by atoms with Crippen molar-refractivity contribution in [2.24, 2.45) is 0 Å². The van der Waals surface area contributed by atoms with Gasteiger partial charge in [0.15, 0.2) is 0 Å². The second-order valence-electron chi connectivity index (χ2n) is 3.06. The molecule has 0 spiro atoms. The minimum atomic E-state index is -0.421. The van der Waals surface area contributed by atoms with Crippen LogP contribution < -0.4 is 0 Å². The van der Waals surface area contributed by atoms with Crippen molar-refractivity contribution in [3.63, 3.8) is 0 Å². The molecule has 0 radical (unpaired) electrons. The highest BCUT2D eigenvalue weighted by molar-refractivity contribution is 5.63. The SMILES string of the molecule is OCc1cccc(-c2cncnc2)c1F. The van der Waals surface area contributed by atoms with Gasteiger partial charge in [-0.05, 0) is 0 Å². The second kappa shape index (κ2) is 4.14. The average molecular weight is 204 g/mol. The van der Waals surface area contributed by atoms with Crippen LogP contribution in [0.1, 0.15) is 5.56 Å². The molecule has 1 aromatic heterocycles. The van der Waals surface area contributed by atoms with Crippen LogP contribution >= 0.6 is 0 Å². The molecule has 0 atom stereocenters. The molecule has 0 fully saturated rings. The van der Waals surface area contributed by atoms with Gasteiger partial charge < -0.3 is 5.11 Å². The monoisotopic (exact) mass is 204 g/mol. The molecule has 1 aromatic carbocycles. The number of aromatic nitrogens is 2. The third kappa shape index (κ3) is 1.85. The fourth-order valence-electron chi connectivity index (χ4n) is 1.36. The van der Waals surface area contributed by atoms with Crippen molar-refractivity contribution < 1.29 is 9.50 Å². The standard InChI is InChI=1S/C11H9FN2O/c12-11-8(6-15)2-1-3-10(11)9-4-13-7-14-5-9/h1-5,7,15H,6H2. The third-order valence-electron chi connectivity index (χ3n) is 2.12. The lowest BCUT2D eigenvalue weighted by molar-refractivity contribution is 0.276. The van der Waals surface area contributed by atoms with Crippen molar-refractivity contribution in [3.8, 4) is 11.1 Å². The van der Waals surface area contributed by atoms with Gasteiger partial charge in [0.2, 0.25) is 0 Å². The fraction of sp³-hybridized carbons (Fsp3) is 0.0909. The Morgan fingerprint density at radius 1 is 1.20 bits per heavy atom. The first-order valence-corrected chi connectivity index (χ1v) is 4.46. The summed E-state index contributed by atoms with van der Waals surface area (Å²) in [6.45, 7) is -0.312. The molecule has 0 aliphatic rings. The van der Waals surface area contributed by atoms with Crippen LogP contribution in [0.4, 0.5) is 4.39 Å². The van der Waals surface area contributed by atoms with Gasteiger partial charge in [-0.15, -0.1) is 0 Å². The van der Waals surface area contributed by atoms with E-state index in [4.69, 9.17) is 5.11 Å². The van der Waals surface area contributed by atoms with E-state index in [1.54, 1.807) is 18.2 Å². The number of hydrogen-bond donors (Lipinski definition) is 1. The summed E-state index contributed by atoms with van der Waals surface area (Å²) in [6, 6.07) is 4.87. The molecule has 0 saturated carbocycles. The Kier molecular flexibility index (Phi) is 2.69. The van der Waals surface area contributed by atoms with Crippen LogP contribution in [0.5, 0.6) is 0 Å². The Morgan fingerprint density at radius 2 is 1.93 bits per heavy atom. The van der Waals surface area contributed by atoms with Gasteiger partial charge in [0, 0.05) is 29.1 Å². The van der Waals surface area contributed by atoms with E-state index in [2.05, 4.69) is 9.97 Å². The number of nitrogens with zero attached hydrogens (tertiary/aromatic N) is 2. The number of hydrogen-bond acceptors (Lipinski definition) is 3.